The molecule has 2 atom stereocenters. The number of carbonyl (C=O) groups is 2. The zero-order chi connectivity index (χ0) is 15.4. The van der Waals surface area contributed by atoms with E-state index in [9.17, 15) is 14.0 Å². The van der Waals surface area contributed by atoms with Gasteiger partial charge in [0.05, 0.1) is 0 Å². The molecule has 1 amide bonds. The number of halogens is 2. The van der Waals surface area contributed by atoms with Gasteiger partial charge in [-0.3, -0.25) is 9.59 Å². The third-order valence-corrected chi connectivity index (χ3v) is 3.94. The van der Waals surface area contributed by atoms with Crippen LogP contribution in [0.5, 0.6) is 0 Å². The predicted octanol–water partition coefficient (Wildman–Crippen LogP) is 2.95. The molecule has 0 saturated heterocycles. The second-order valence-electron chi connectivity index (χ2n) is 5.23. The van der Waals surface area contributed by atoms with Crippen molar-refractivity contribution in [2.45, 2.75) is 31.6 Å². The Labute approximate surface area is 127 Å². The molecule has 2 rings (SSSR count). The highest BCUT2D eigenvalue weighted by Gasteiger charge is 2.45. The molecule has 1 aromatic carbocycles. The van der Waals surface area contributed by atoms with Gasteiger partial charge < -0.3 is 10.4 Å². The molecule has 1 aliphatic carbocycles. The first kappa shape index (κ1) is 15.8. The van der Waals surface area contributed by atoms with Crippen LogP contribution in [0.2, 0.25) is 5.02 Å². The van der Waals surface area contributed by atoms with Crippen molar-refractivity contribution in [3.8, 4) is 0 Å². The Morgan fingerprint density at radius 2 is 2.14 bits per heavy atom. The number of aliphatic carboxylic acids is 1. The topological polar surface area (TPSA) is 66.4 Å². The molecule has 1 fully saturated rings. The third-order valence-electron chi connectivity index (χ3n) is 3.61. The van der Waals surface area contributed by atoms with Crippen LogP contribution in [0.25, 0.3) is 0 Å². The SMILES string of the molecule is O=C(O)CCCCNC(=O)[C@@H]1C[C@@H]1c1c(F)cccc1Cl. The average Bonchev–Trinajstić information content (AvgIpc) is 3.18. The van der Waals surface area contributed by atoms with Crippen LogP contribution < -0.4 is 5.32 Å². The summed E-state index contributed by atoms with van der Waals surface area (Å²) in [5, 5.41) is 11.6. The Balaban J connectivity index is 1.78. The van der Waals surface area contributed by atoms with Gasteiger partial charge in [0.15, 0.2) is 0 Å². The first-order valence-electron chi connectivity index (χ1n) is 6.94. The summed E-state index contributed by atoms with van der Waals surface area (Å²) in [6, 6.07) is 4.51. The van der Waals surface area contributed by atoms with E-state index in [0.29, 0.717) is 36.4 Å². The smallest absolute Gasteiger partial charge is 0.303 e. The van der Waals surface area contributed by atoms with Crippen molar-refractivity contribution >= 4 is 23.5 Å². The van der Waals surface area contributed by atoms with Crippen LogP contribution in [0.4, 0.5) is 4.39 Å². The van der Waals surface area contributed by atoms with Crippen LogP contribution in [-0.2, 0) is 9.59 Å². The molecule has 114 valence electrons. The van der Waals surface area contributed by atoms with Crippen LogP contribution in [0.15, 0.2) is 18.2 Å². The molecule has 4 nitrogen and oxygen atoms in total. The van der Waals surface area contributed by atoms with Gasteiger partial charge in [0, 0.05) is 35.4 Å². The van der Waals surface area contributed by atoms with E-state index in [1.165, 1.54) is 6.07 Å². The lowest BCUT2D eigenvalue weighted by molar-refractivity contribution is -0.137. The highest BCUT2D eigenvalue weighted by Crippen LogP contribution is 2.50. The third kappa shape index (κ3) is 4.17. The minimum Gasteiger partial charge on any atom is -0.481 e. The molecule has 0 bridgehead atoms. The first-order valence-corrected chi connectivity index (χ1v) is 7.32. The van der Waals surface area contributed by atoms with Gasteiger partial charge in [-0.2, -0.15) is 0 Å². The Kier molecular flexibility index (Phi) is 5.17. The summed E-state index contributed by atoms with van der Waals surface area (Å²) in [7, 11) is 0. The second kappa shape index (κ2) is 6.89. The van der Waals surface area contributed by atoms with Crippen molar-refractivity contribution < 1.29 is 19.1 Å². The number of benzene rings is 1. The van der Waals surface area contributed by atoms with Crippen molar-refractivity contribution in [1.29, 1.82) is 0 Å². The first-order chi connectivity index (χ1) is 10.0. The summed E-state index contributed by atoms with van der Waals surface area (Å²) in [5.41, 5.74) is 0.421. The van der Waals surface area contributed by atoms with Crippen molar-refractivity contribution in [1.82, 2.24) is 5.32 Å². The van der Waals surface area contributed by atoms with E-state index >= 15 is 0 Å². The minimum atomic E-state index is -0.835. The van der Waals surface area contributed by atoms with Crippen molar-refractivity contribution in [3.05, 3.63) is 34.6 Å². The number of hydrogen-bond donors (Lipinski definition) is 2. The molecule has 21 heavy (non-hydrogen) atoms. The maximum Gasteiger partial charge on any atom is 0.303 e. The number of carbonyl (C=O) groups excluding carboxylic acids is 1. The lowest BCUT2D eigenvalue weighted by atomic mass is 10.1. The Morgan fingerprint density at radius 1 is 1.38 bits per heavy atom. The lowest BCUT2D eigenvalue weighted by Crippen LogP contribution is -2.26. The number of carboxylic acids is 1. The van der Waals surface area contributed by atoms with Crippen LogP contribution in [0.3, 0.4) is 0 Å². The monoisotopic (exact) mass is 313 g/mol. The summed E-state index contributed by atoms with van der Waals surface area (Å²) in [6.45, 7) is 0.445. The molecular formula is C15H17ClFNO3. The van der Waals surface area contributed by atoms with Gasteiger partial charge in [-0.15, -0.1) is 0 Å². The average molecular weight is 314 g/mol. The molecule has 0 aromatic heterocycles. The second-order valence-corrected chi connectivity index (χ2v) is 5.63. The fourth-order valence-corrected chi connectivity index (χ4v) is 2.72. The number of carboxylic acid groups (broad SMARTS) is 1. The van der Waals surface area contributed by atoms with Crippen LogP contribution in [0.1, 0.15) is 37.2 Å². The number of hydrogen-bond acceptors (Lipinski definition) is 2. The van der Waals surface area contributed by atoms with Gasteiger partial charge in [-0.25, -0.2) is 4.39 Å². The predicted molar refractivity (Wildman–Crippen MR) is 76.8 cm³/mol. The Bertz CT molecular complexity index is 529. The van der Waals surface area contributed by atoms with Gasteiger partial charge in [0.25, 0.3) is 0 Å². The Hall–Kier alpha value is -1.62. The highest BCUT2D eigenvalue weighted by molar-refractivity contribution is 6.31. The van der Waals surface area contributed by atoms with Crippen LogP contribution >= 0.6 is 11.6 Å². The molecule has 0 heterocycles. The molecule has 0 radical (unpaired) electrons. The molecule has 0 unspecified atom stereocenters. The van der Waals surface area contributed by atoms with Gasteiger partial charge >= 0.3 is 5.97 Å². The zero-order valence-corrected chi connectivity index (χ0v) is 12.2. The summed E-state index contributed by atoms with van der Waals surface area (Å²) in [5.74, 6) is -1.71. The van der Waals surface area contributed by atoms with E-state index in [0.717, 1.165) is 0 Å². The van der Waals surface area contributed by atoms with Crippen LogP contribution in [-0.4, -0.2) is 23.5 Å². The quantitative estimate of drug-likeness (QED) is 0.761. The molecule has 0 aliphatic heterocycles. The van der Waals surface area contributed by atoms with Crippen molar-refractivity contribution in [2.75, 3.05) is 6.54 Å². The van der Waals surface area contributed by atoms with Gasteiger partial charge in [0.2, 0.25) is 5.91 Å². The number of nitrogens with one attached hydrogen (secondary N) is 1. The molecule has 2 N–H and O–H groups in total. The maximum absolute atomic E-state index is 13.7. The standard InChI is InChI=1S/C15H17ClFNO3/c16-11-4-3-5-12(17)14(11)9-8-10(9)15(21)18-7-2-1-6-13(19)20/h3-5,9-10H,1-2,6-8H2,(H,18,21)(H,19,20)/t9-,10+/m0/s1. The normalized spacial score (nSPS) is 20.1. The van der Waals surface area contributed by atoms with Crippen molar-refractivity contribution in [3.63, 3.8) is 0 Å². The number of amides is 1. The highest BCUT2D eigenvalue weighted by atomic mass is 35.5. The zero-order valence-electron chi connectivity index (χ0n) is 11.4. The minimum absolute atomic E-state index is 0.104. The molecule has 1 saturated carbocycles. The van der Waals surface area contributed by atoms with Crippen molar-refractivity contribution in [2.24, 2.45) is 5.92 Å². The molecular weight excluding hydrogens is 297 g/mol. The maximum atomic E-state index is 13.7. The van der Waals surface area contributed by atoms with Gasteiger partial charge in [-0.05, 0) is 31.4 Å². The fourth-order valence-electron chi connectivity index (χ4n) is 2.41. The van der Waals surface area contributed by atoms with E-state index in [-0.39, 0.29) is 30.0 Å². The largest absolute Gasteiger partial charge is 0.481 e. The Morgan fingerprint density at radius 3 is 2.81 bits per heavy atom. The summed E-state index contributed by atoms with van der Waals surface area (Å²) in [6.07, 6.45) is 1.85. The summed E-state index contributed by atoms with van der Waals surface area (Å²) in [4.78, 5) is 22.3. The number of unbranched alkanes of at least 4 members (excludes halogenated alkanes) is 1. The van der Waals surface area contributed by atoms with Gasteiger partial charge in [0.1, 0.15) is 5.82 Å². The summed E-state index contributed by atoms with van der Waals surface area (Å²) < 4.78 is 13.7. The van der Waals surface area contributed by atoms with Crippen LogP contribution in [0, 0.1) is 11.7 Å². The molecule has 1 aromatic rings. The molecule has 0 spiro atoms. The molecule has 6 heteroatoms. The molecule has 1 aliphatic rings. The van der Waals surface area contributed by atoms with E-state index in [2.05, 4.69) is 5.32 Å². The van der Waals surface area contributed by atoms with Gasteiger partial charge in [-0.1, -0.05) is 17.7 Å². The van der Waals surface area contributed by atoms with E-state index in [1.807, 2.05) is 0 Å². The number of rotatable bonds is 7. The van der Waals surface area contributed by atoms with E-state index in [4.69, 9.17) is 16.7 Å². The summed E-state index contributed by atoms with van der Waals surface area (Å²) >= 11 is 5.98. The van der Waals surface area contributed by atoms with E-state index in [1.54, 1.807) is 12.1 Å². The van der Waals surface area contributed by atoms with E-state index < -0.39 is 5.97 Å². The lowest BCUT2D eigenvalue weighted by Gasteiger charge is -2.06. The fraction of sp³-hybridized carbons (Fsp3) is 0.467.